The van der Waals surface area contributed by atoms with Crippen LogP contribution in [-0.2, 0) is 11.3 Å². The summed E-state index contributed by atoms with van der Waals surface area (Å²) in [6.45, 7) is 0.158. The molecule has 0 aliphatic carbocycles. The van der Waals surface area contributed by atoms with Crippen molar-refractivity contribution in [3.8, 4) is 0 Å². The molecule has 0 spiro atoms. The van der Waals surface area contributed by atoms with Gasteiger partial charge in [0, 0.05) is 0 Å². The number of aromatic nitrogens is 2. The van der Waals surface area contributed by atoms with Crippen molar-refractivity contribution in [2.24, 2.45) is 5.73 Å². The number of unbranched alkanes of at least 4 members (excludes halogenated alkanes) is 1. The molecule has 9 heteroatoms. The smallest absolute Gasteiger partial charge is 0.330 e. The van der Waals surface area contributed by atoms with Gasteiger partial charge in [-0.2, -0.15) is 13.8 Å². The van der Waals surface area contributed by atoms with Gasteiger partial charge in [-0.1, -0.05) is 24.9 Å². The fraction of sp³-hybridized carbons (Fsp3) is 0.818. The van der Waals surface area contributed by atoms with E-state index in [2.05, 4.69) is 14.9 Å². The summed E-state index contributed by atoms with van der Waals surface area (Å²) in [6.07, 6.45) is -1.27. The molecular formula is C11H17F4N3O2. The largest absolute Gasteiger partial charge is 0.367 e. The lowest BCUT2D eigenvalue weighted by Crippen LogP contribution is -2.32. The second kappa shape index (κ2) is 7.53. The third-order valence-corrected chi connectivity index (χ3v) is 2.51. The van der Waals surface area contributed by atoms with Crippen molar-refractivity contribution >= 4 is 0 Å². The summed E-state index contributed by atoms with van der Waals surface area (Å²) in [5.74, 6) is -4.01. The lowest BCUT2D eigenvalue weighted by atomic mass is 10.1. The summed E-state index contributed by atoms with van der Waals surface area (Å²) in [5, 5.41) is 3.49. The van der Waals surface area contributed by atoms with Crippen LogP contribution in [0.1, 0.15) is 43.9 Å². The zero-order valence-electron chi connectivity index (χ0n) is 11.0. The number of alkyl halides is 4. The van der Waals surface area contributed by atoms with Crippen molar-refractivity contribution in [1.29, 1.82) is 0 Å². The molecule has 1 rings (SSSR count). The van der Waals surface area contributed by atoms with E-state index in [1.54, 1.807) is 0 Å². The molecule has 0 radical (unpaired) electrons. The average Bonchev–Trinajstić information content (AvgIpc) is 2.84. The second-order valence-corrected chi connectivity index (χ2v) is 4.35. The fourth-order valence-corrected chi connectivity index (χ4v) is 1.37. The van der Waals surface area contributed by atoms with E-state index in [1.807, 2.05) is 6.92 Å². The lowest BCUT2D eigenvalue weighted by Gasteiger charge is -2.14. The second-order valence-electron chi connectivity index (χ2n) is 4.35. The van der Waals surface area contributed by atoms with Crippen LogP contribution in [0.2, 0.25) is 0 Å². The van der Waals surface area contributed by atoms with E-state index >= 15 is 0 Å². The maximum Gasteiger partial charge on any atom is 0.330 e. The van der Waals surface area contributed by atoms with Gasteiger partial charge in [0.2, 0.25) is 5.89 Å². The Labute approximate surface area is 113 Å². The Morgan fingerprint density at radius 3 is 2.70 bits per heavy atom. The number of hydrogen-bond donors (Lipinski definition) is 1. The molecular weight excluding hydrogens is 282 g/mol. The van der Waals surface area contributed by atoms with Crippen molar-refractivity contribution in [2.45, 2.75) is 51.2 Å². The highest BCUT2D eigenvalue weighted by Gasteiger charge is 2.41. The minimum absolute atomic E-state index is 0.00276. The molecule has 1 heterocycles. The van der Waals surface area contributed by atoms with E-state index in [0.717, 1.165) is 12.8 Å². The Morgan fingerprint density at radius 2 is 2.10 bits per heavy atom. The maximum atomic E-state index is 12.6. The van der Waals surface area contributed by atoms with Crippen LogP contribution in [0.3, 0.4) is 0 Å². The van der Waals surface area contributed by atoms with Gasteiger partial charge < -0.3 is 15.0 Å². The zero-order chi connectivity index (χ0) is 15.2. The Morgan fingerprint density at radius 1 is 1.40 bits per heavy atom. The van der Waals surface area contributed by atoms with Gasteiger partial charge in [0.1, 0.15) is 13.2 Å². The zero-order valence-corrected chi connectivity index (χ0v) is 11.0. The number of nitrogens with zero attached hydrogens (tertiary/aromatic N) is 2. The number of nitrogens with two attached hydrogens (primary N) is 1. The van der Waals surface area contributed by atoms with Crippen LogP contribution in [0.5, 0.6) is 0 Å². The summed E-state index contributed by atoms with van der Waals surface area (Å²) < 4.78 is 58.2. The van der Waals surface area contributed by atoms with Gasteiger partial charge >= 0.3 is 12.3 Å². The highest BCUT2D eigenvalue weighted by Crippen LogP contribution is 2.23. The molecule has 0 fully saturated rings. The van der Waals surface area contributed by atoms with E-state index < -0.39 is 31.6 Å². The monoisotopic (exact) mass is 299 g/mol. The Bertz CT molecular complexity index is 401. The van der Waals surface area contributed by atoms with Crippen molar-refractivity contribution in [1.82, 2.24) is 10.1 Å². The first-order valence-electron chi connectivity index (χ1n) is 6.18. The molecule has 0 amide bonds. The summed E-state index contributed by atoms with van der Waals surface area (Å²) >= 11 is 0. The molecule has 5 nitrogen and oxygen atoms in total. The molecule has 0 aliphatic heterocycles. The van der Waals surface area contributed by atoms with Crippen LogP contribution >= 0.6 is 0 Å². The van der Waals surface area contributed by atoms with Gasteiger partial charge in [0.25, 0.3) is 0 Å². The van der Waals surface area contributed by atoms with Crippen LogP contribution in [0.15, 0.2) is 4.52 Å². The normalized spacial score (nSPS) is 13.9. The third kappa shape index (κ3) is 5.04. The van der Waals surface area contributed by atoms with Crippen molar-refractivity contribution < 1.29 is 26.8 Å². The number of ether oxygens (including phenoxy) is 1. The predicted molar refractivity (Wildman–Crippen MR) is 61.4 cm³/mol. The quantitative estimate of drug-likeness (QED) is 0.710. The number of rotatable bonds is 9. The van der Waals surface area contributed by atoms with Crippen LogP contribution in [0.4, 0.5) is 17.6 Å². The van der Waals surface area contributed by atoms with Gasteiger partial charge in [-0.25, -0.2) is 8.78 Å². The molecule has 0 aromatic carbocycles. The van der Waals surface area contributed by atoms with E-state index in [4.69, 9.17) is 10.3 Å². The van der Waals surface area contributed by atoms with Gasteiger partial charge in [-0.3, -0.25) is 0 Å². The predicted octanol–water partition coefficient (Wildman–Crippen LogP) is 2.68. The Kier molecular flexibility index (Phi) is 6.34. The minimum atomic E-state index is -4.19. The Balaban J connectivity index is 2.41. The van der Waals surface area contributed by atoms with Crippen LogP contribution < -0.4 is 5.73 Å². The number of hydrogen-bond acceptors (Lipinski definition) is 5. The van der Waals surface area contributed by atoms with E-state index in [-0.39, 0.29) is 11.7 Å². The molecule has 116 valence electrons. The highest BCUT2D eigenvalue weighted by atomic mass is 19.3. The summed E-state index contributed by atoms with van der Waals surface area (Å²) in [7, 11) is 0. The molecule has 0 saturated carbocycles. The highest BCUT2D eigenvalue weighted by molar-refractivity contribution is 4.90. The van der Waals surface area contributed by atoms with E-state index in [9.17, 15) is 17.6 Å². The maximum absolute atomic E-state index is 12.6. The van der Waals surface area contributed by atoms with Crippen LogP contribution in [0.25, 0.3) is 0 Å². The topological polar surface area (TPSA) is 74.2 Å². The van der Waals surface area contributed by atoms with E-state index in [1.165, 1.54) is 0 Å². The van der Waals surface area contributed by atoms with Gasteiger partial charge in [0.05, 0.1) is 6.04 Å². The first-order chi connectivity index (χ1) is 9.36. The lowest BCUT2D eigenvalue weighted by molar-refractivity contribution is -0.168. The van der Waals surface area contributed by atoms with Gasteiger partial charge in [0.15, 0.2) is 5.82 Å². The first kappa shape index (κ1) is 16.8. The van der Waals surface area contributed by atoms with Crippen molar-refractivity contribution in [3.63, 3.8) is 0 Å². The number of halogens is 4. The molecule has 0 bridgehead atoms. The summed E-state index contributed by atoms with van der Waals surface area (Å²) in [5.41, 5.74) is 5.78. The van der Waals surface area contributed by atoms with Gasteiger partial charge in [-0.15, -0.1) is 0 Å². The minimum Gasteiger partial charge on any atom is -0.367 e. The SMILES string of the molecule is CCCCC(N)c1nc(COCC(F)(F)C(F)F)no1. The molecule has 1 aromatic rings. The fourth-order valence-electron chi connectivity index (χ4n) is 1.37. The molecule has 0 aliphatic rings. The molecule has 20 heavy (non-hydrogen) atoms. The van der Waals surface area contributed by atoms with Crippen LogP contribution in [0, 0.1) is 0 Å². The molecule has 1 atom stereocenters. The van der Waals surface area contributed by atoms with Gasteiger partial charge in [-0.05, 0) is 6.42 Å². The molecule has 0 saturated heterocycles. The Hall–Kier alpha value is -1.22. The third-order valence-electron chi connectivity index (χ3n) is 2.51. The molecule has 2 N–H and O–H groups in total. The first-order valence-corrected chi connectivity index (χ1v) is 6.18. The molecule has 1 aromatic heterocycles. The summed E-state index contributed by atoms with van der Waals surface area (Å²) in [4.78, 5) is 3.87. The standard InChI is InChI=1S/C11H17F4N3O2/c1-2-3-4-7(16)9-17-8(18-20-9)5-19-6-11(14,15)10(12)13/h7,10H,2-6,16H2,1H3. The van der Waals surface area contributed by atoms with E-state index in [0.29, 0.717) is 6.42 Å². The molecule has 1 unspecified atom stereocenters. The average molecular weight is 299 g/mol. The van der Waals surface area contributed by atoms with Crippen molar-refractivity contribution in [2.75, 3.05) is 6.61 Å². The van der Waals surface area contributed by atoms with Crippen molar-refractivity contribution in [3.05, 3.63) is 11.7 Å². The summed E-state index contributed by atoms with van der Waals surface area (Å²) in [6, 6.07) is -0.432. The van der Waals surface area contributed by atoms with Crippen LogP contribution in [-0.4, -0.2) is 29.1 Å².